The van der Waals surface area contributed by atoms with Gasteiger partial charge >= 0.3 is 6.03 Å². The number of halogens is 1. The summed E-state index contributed by atoms with van der Waals surface area (Å²) in [6.45, 7) is 1.91. The number of amides is 2. The summed E-state index contributed by atoms with van der Waals surface area (Å²) in [6, 6.07) is 9.80. The highest BCUT2D eigenvalue weighted by Crippen LogP contribution is 2.30. The normalized spacial score (nSPS) is 20.9. The van der Waals surface area contributed by atoms with E-state index in [1.54, 1.807) is 0 Å². The lowest BCUT2D eigenvalue weighted by Crippen LogP contribution is -2.42. The fraction of sp³-hybridized carbons (Fsp3) is 0.182. The van der Waals surface area contributed by atoms with Crippen LogP contribution in [0.15, 0.2) is 39.6 Å². The van der Waals surface area contributed by atoms with E-state index in [-0.39, 0.29) is 12.1 Å². The van der Waals surface area contributed by atoms with E-state index in [9.17, 15) is 4.79 Å². The standard InChI is InChI=1S/C11H11IN2O/c1-7-9(12)10(14-11(15)13-7)8-5-3-2-4-6-8/h2-6,10H,1H3,(H2,13,14,15). The van der Waals surface area contributed by atoms with Crippen LogP contribution in [0, 0.1) is 0 Å². The van der Waals surface area contributed by atoms with Crippen molar-refractivity contribution < 1.29 is 4.79 Å². The van der Waals surface area contributed by atoms with Gasteiger partial charge in [0.1, 0.15) is 0 Å². The summed E-state index contributed by atoms with van der Waals surface area (Å²) in [7, 11) is 0. The third-order valence-corrected chi connectivity index (χ3v) is 3.75. The van der Waals surface area contributed by atoms with Crippen LogP contribution in [-0.4, -0.2) is 6.03 Å². The molecule has 1 unspecified atom stereocenters. The van der Waals surface area contributed by atoms with Crippen molar-refractivity contribution in [1.29, 1.82) is 0 Å². The van der Waals surface area contributed by atoms with E-state index in [2.05, 4.69) is 33.2 Å². The van der Waals surface area contributed by atoms with Crippen LogP contribution >= 0.6 is 22.6 Å². The summed E-state index contributed by atoms with van der Waals surface area (Å²) in [5, 5.41) is 5.65. The summed E-state index contributed by atoms with van der Waals surface area (Å²) in [5.41, 5.74) is 2.03. The molecule has 3 nitrogen and oxygen atoms in total. The smallest absolute Gasteiger partial charge is 0.319 e. The molecule has 2 amide bonds. The molecular weight excluding hydrogens is 303 g/mol. The topological polar surface area (TPSA) is 41.1 Å². The Bertz CT molecular complexity index is 414. The number of hydrogen-bond acceptors (Lipinski definition) is 1. The van der Waals surface area contributed by atoms with Crippen molar-refractivity contribution >= 4 is 28.6 Å². The summed E-state index contributed by atoms with van der Waals surface area (Å²) in [4.78, 5) is 11.3. The van der Waals surface area contributed by atoms with Gasteiger partial charge in [-0.25, -0.2) is 4.79 Å². The van der Waals surface area contributed by atoms with E-state index in [4.69, 9.17) is 0 Å². The number of carbonyl (C=O) groups excluding carboxylic acids is 1. The first kappa shape index (κ1) is 10.5. The molecule has 0 fully saturated rings. The lowest BCUT2D eigenvalue weighted by atomic mass is 10.1. The maximum atomic E-state index is 11.3. The summed E-state index contributed by atoms with van der Waals surface area (Å²) >= 11 is 2.26. The highest BCUT2D eigenvalue weighted by atomic mass is 127. The van der Waals surface area contributed by atoms with Crippen molar-refractivity contribution in [2.75, 3.05) is 0 Å². The Morgan fingerprint density at radius 1 is 1.27 bits per heavy atom. The van der Waals surface area contributed by atoms with Gasteiger partial charge in [-0.15, -0.1) is 0 Å². The largest absolute Gasteiger partial charge is 0.326 e. The first-order valence-corrected chi connectivity index (χ1v) is 5.75. The first-order valence-electron chi connectivity index (χ1n) is 4.67. The van der Waals surface area contributed by atoms with Gasteiger partial charge in [0.25, 0.3) is 0 Å². The second-order valence-electron chi connectivity index (χ2n) is 3.42. The van der Waals surface area contributed by atoms with E-state index >= 15 is 0 Å². The highest BCUT2D eigenvalue weighted by Gasteiger charge is 2.23. The van der Waals surface area contributed by atoms with Gasteiger partial charge in [0.2, 0.25) is 0 Å². The van der Waals surface area contributed by atoms with Gasteiger partial charge in [-0.3, -0.25) is 0 Å². The minimum absolute atomic E-state index is 0.0134. The van der Waals surface area contributed by atoms with Crippen molar-refractivity contribution in [3.63, 3.8) is 0 Å². The molecule has 0 saturated carbocycles. The molecule has 0 radical (unpaired) electrons. The molecule has 1 aliphatic heterocycles. The third-order valence-electron chi connectivity index (χ3n) is 2.32. The van der Waals surface area contributed by atoms with Crippen LogP contribution < -0.4 is 10.6 Å². The van der Waals surface area contributed by atoms with E-state index in [1.165, 1.54) is 0 Å². The van der Waals surface area contributed by atoms with Crippen molar-refractivity contribution in [3.05, 3.63) is 45.2 Å². The van der Waals surface area contributed by atoms with Gasteiger partial charge in [-0.2, -0.15) is 0 Å². The molecule has 0 saturated heterocycles. The quantitative estimate of drug-likeness (QED) is 0.769. The zero-order valence-corrected chi connectivity index (χ0v) is 10.4. The van der Waals surface area contributed by atoms with Gasteiger partial charge in [0.15, 0.2) is 0 Å². The SMILES string of the molecule is CC1=C(I)C(c2ccccc2)NC(=O)N1. The van der Waals surface area contributed by atoms with E-state index in [0.29, 0.717) is 0 Å². The maximum Gasteiger partial charge on any atom is 0.319 e. The first-order chi connectivity index (χ1) is 7.18. The zero-order chi connectivity index (χ0) is 10.8. The van der Waals surface area contributed by atoms with Crippen LogP contribution in [0.2, 0.25) is 0 Å². The van der Waals surface area contributed by atoms with Gasteiger partial charge in [-0.05, 0) is 35.1 Å². The summed E-state index contributed by atoms with van der Waals surface area (Å²) in [5.74, 6) is 0. The van der Waals surface area contributed by atoms with Crippen LogP contribution in [0.1, 0.15) is 18.5 Å². The molecule has 2 rings (SSSR count). The minimum Gasteiger partial charge on any atom is -0.326 e. The van der Waals surface area contributed by atoms with Crippen LogP contribution in [0.25, 0.3) is 0 Å². The van der Waals surface area contributed by atoms with Gasteiger partial charge in [-0.1, -0.05) is 30.3 Å². The number of rotatable bonds is 1. The van der Waals surface area contributed by atoms with Crippen LogP contribution in [0.5, 0.6) is 0 Å². The second kappa shape index (κ2) is 4.22. The Morgan fingerprint density at radius 2 is 1.93 bits per heavy atom. The fourth-order valence-electron chi connectivity index (χ4n) is 1.55. The predicted octanol–water partition coefficient (Wildman–Crippen LogP) is 2.71. The van der Waals surface area contributed by atoms with Crippen molar-refractivity contribution in [2.45, 2.75) is 13.0 Å². The third kappa shape index (κ3) is 2.14. The molecule has 2 N–H and O–H groups in total. The molecule has 15 heavy (non-hydrogen) atoms. The van der Waals surface area contributed by atoms with Crippen LogP contribution in [0.3, 0.4) is 0 Å². The maximum absolute atomic E-state index is 11.3. The Balaban J connectivity index is 2.37. The average molecular weight is 314 g/mol. The van der Waals surface area contributed by atoms with E-state index in [0.717, 1.165) is 14.8 Å². The number of carbonyl (C=O) groups is 1. The average Bonchev–Trinajstić information content (AvgIpc) is 2.24. The van der Waals surface area contributed by atoms with Crippen LogP contribution in [0.4, 0.5) is 4.79 Å². The lowest BCUT2D eigenvalue weighted by molar-refractivity contribution is 0.239. The van der Waals surface area contributed by atoms with Crippen molar-refractivity contribution in [3.8, 4) is 0 Å². The molecule has 4 heteroatoms. The van der Waals surface area contributed by atoms with Crippen LogP contribution in [-0.2, 0) is 0 Å². The van der Waals surface area contributed by atoms with E-state index in [1.807, 2.05) is 37.3 Å². The Morgan fingerprint density at radius 3 is 2.60 bits per heavy atom. The molecule has 0 aliphatic carbocycles. The molecule has 78 valence electrons. The second-order valence-corrected chi connectivity index (χ2v) is 4.58. The fourth-order valence-corrected chi connectivity index (χ4v) is 2.20. The minimum atomic E-state index is -0.137. The molecule has 1 aromatic rings. The number of nitrogens with one attached hydrogen (secondary N) is 2. The molecule has 0 bridgehead atoms. The van der Waals surface area contributed by atoms with Gasteiger partial charge in [0, 0.05) is 9.28 Å². The highest BCUT2D eigenvalue weighted by molar-refractivity contribution is 14.1. The predicted molar refractivity (Wildman–Crippen MR) is 67.6 cm³/mol. The Kier molecular flexibility index (Phi) is 2.95. The lowest BCUT2D eigenvalue weighted by Gasteiger charge is -2.26. The number of allylic oxidation sites excluding steroid dienone is 1. The molecule has 1 aromatic carbocycles. The van der Waals surface area contributed by atoms with Crippen molar-refractivity contribution in [1.82, 2.24) is 10.6 Å². The molecule has 0 spiro atoms. The molecular formula is C11H11IN2O. The number of benzene rings is 1. The summed E-state index contributed by atoms with van der Waals surface area (Å²) in [6.07, 6.45) is 0. The monoisotopic (exact) mass is 314 g/mol. The Labute approximate surface area is 102 Å². The van der Waals surface area contributed by atoms with Gasteiger partial charge < -0.3 is 10.6 Å². The number of urea groups is 1. The molecule has 0 aromatic heterocycles. The summed E-state index contributed by atoms with van der Waals surface area (Å²) < 4.78 is 1.12. The molecule has 1 atom stereocenters. The zero-order valence-electron chi connectivity index (χ0n) is 8.25. The van der Waals surface area contributed by atoms with Gasteiger partial charge in [0.05, 0.1) is 6.04 Å². The molecule has 1 aliphatic rings. The number of hydrogen-bond donors (Lipinski definition) is 2. The van der Waals surface area contributed by atoms with E-state index < -0.39 is 0 Å². The molecule has 1 heterocycles. The van der Waals surface area contributed by atoms with Crippen molar-refractivity contribution in [2.24, 2.45) is 0 Å². The Hall–Kier alpha value is -1.04.